The van der Waals surface area contributed by atoms with Gasteiger partial charge in [0.25, 0.3) is 0 Å². The highest BCUT2D eigenvalue weighted by Gasteiger charge is 2.17. The number of halogens is 1. The van der Waals surface area contributed by atoms with Crippen LogP contribution in [0.2, 0.25) is 0 Å². The summed E-state index contributed by atoms with van der Waals surface area (Å²) in [6, 6.07) is 5.86. The fraction of sp³-hybridized carbons (Fsp3) is 0.571. The molecule has 102 valence electrons. The van der Waals surface area contributed by atoms with Crippen molar-refractivity contribution in [3.8, 4) is 5.75 Å². The Kier molecular flexibility index (Phi) is 5.63. The highest BCUT2D eigenvalue weighted by atomic mass is 79.9. The molecule has 0 aliphatic carbocycles. The Labute approximate surface area is 118 Å². The van der Waals surface area contributed by atoms with Crippen molar-refractivity contribution in [3.05, 3.63) is 28.2 Å². The van der Waals surface area contributed by atoms with E-state index >= 15 is 0 Å². The normalized spacial score (nSPS) is 13.4. The molecular formula is C14H22BrNO2. The summed E-state index contributed by atoms with van der Waals surface area (Å²) in [5.41, 5.74) is 6.79. The average molecular weight is 316 g/mol. The molecule has 3 nitrogen and oxygen atoms in total. The Morgan fingerprint density at radius 1 is 1.39 bits per heavy atom. The molecule has 0 bridgehead atoms. The molecule has 0 aliphatic rings. The third-order valence-corrected chi connectivity index (χ3v) is 3.47. The highest BCUT2D eigenvalue weighted by molar-refractivity contribution is 9.10. The molecule has 0 aliphatic heterocycles. The van der Waals surface area contributed by atoms with Crippen LogP contribution in [0.1, 0.15) is 38.8 Å². The van der Waals surface area contributed by atoms with E-state index in [9.17, 15) is 0 Å². The van der Waals surface area contributed by atoms with Crippen LogP contribution in [-0.4, -0.2) is 19.3 Å². The zero-order valence-electron chi connectivity index (χ0n) is 11.5. The standard InChI is InChI=1S/C14H22BrNO2/c1-10(16)12-9-11(15)5-6-13(12)18-8-7-14(2,3)17-4/h5-6,9-10H,7-8,16H2,1-4H3. The first kappa shape index (κ1) is 15.5. The van der Waals surface area contributed by atoms with Crippen LogP contribution in [0.4, 0.5) is 0 Å². The summed E-state index contributed by atoms with van der Waals surface area (Å²) < 4.78 is 12.2. The molecule has 0 saturated carbocycles. The lowest BCUT2D eigenvalue weighted by atomic mass is 10.1. The number of hydrogen-bond acceptors (Lipinski definition) is 3. The average Bonchev–Trinajstić information content (AvgIpc) is 2.30. The molecule has 0 amide bonds. The molecule has 1 atom stereocenters. The van der Waals surface area contributed by atoms with Crippen LogP contribution in [0.3, 0.4) is 0 Å². The van der Waals surface area contributed by atoms with E-state index < -0.39 is 0 Å². The zero-order chi connectivity index (χ0) is 13.8. The number of methoxy groups -OCH3 is 1. The number of benzene rings is 1. The first-order chi connectivity index (χ1) is 8.35. The van der Waals surface area contributed by atoms with Crippen molar-refractivity contribution < 1.29 is 9.47 Å². The number of nitrogens with two attached hydrogens (primary N) is 1. The van der Waals surface area contributed by atoms with Crippen molar-refractivity contribution in [1.82, 2.24) is 0 Å². The van der Waals surface area contributed by atoms with Gasteiger partial charge >= 0.3 is 0 Å². The van der Waals surface area contributed by atoms with Gasteiger partial charge in [-0.15, -0.1) is 0 Å². The van der Waals surface area contributed by atoms with Crippen molar-refractivity contribution in [3.63, 3.8) is 0 Å². The Bertz CT molecular complexity index is 391. The monoisotopic (exact) mass is 315 g/mol. The van der Waals surface area contributed by atoms with Crippen LogP contribution in [0.25, 0.3) is 0 Å². The molecule has 0 radical (unpaired) electrons. The van der Waals surface area contributed by atoms with Gasteiger partial charge < -0.3 is 15.2 Å². The smallest absolute Gasteiger partial charge is 0.124 e. The van der Waals surface area contributed by atoms with E-state index in [4.69, 9.17) is 15.2 Å². The Morgan fingerprint density at radius 3 is 2.61 bits per heavy atom. The van der Waals surface area contributed by atoms with Crippen LogP contribution < -0.4 is 10.5 Å². The van der Waals surface area contributed by atoms with Crippen molar-refractivity contribution in [1.29, 1.82) is 0 Å². The second kappa shape index (κ2) is 6.55. The predicted molar refractivity (Wildman–Crippen MR) is 77.9 cm³/mol. The van der Waals surface area contributed by atoms with Crippen LogP contribution in [-0.2, 0) is 4.74 Å². The van der Waals surface area contributed by atoms with Crippen molar-refractivity contribution in [2.24, 2.45) is 5.73 Å². The topological polar surface area (TPSA) is 44.5 Å². The molecule has 1 aromatic rings. The zero-order valence-corrected chi connectivity index (χ0v) is 13.1. The molecular weight excluding hydrogens is 294 g/mol. The van der Waals surface area contributed by atoms with Gasteiger partial charge in [0.05, 0.1) is 12.2 Å². The molecule has 1 unspecified atom stereocenters. The predicted octanol–water partition coefficient (Wildman–Crippen LogP) is 3.66. The Balaban J connectivity index is 2.67. The lowest BCUT2D eigenvalue weighted by molar-refractivity contribution is 0.00536. The van der Waals surface area contributed by atoms with Crippen LogP contribution in [0.15, 0.2) is 22.7 Å². The molecule has 0 aromatic heterocycles. The van der Waals surface area contributed by atoms with E-state index in [0.717, 1.165) is 22.2 Å². The molecule has 0 spiro atoms. The van der Waals surface area contributed by atoms with Crippen molar-refractivity contribution >= 4 is 15.9 Å². The number of ether oxygens (including phenoxy) is 2. The Morgan fingerprint density at radius 2 is 2.06 bits per heavy atom. The second-order valence-corrected chi connectivity index (χ2v) is 5.95. The SMILES string of the molecule is COC(C)(C)CCOc1ccc(Br)cc1C(C)N. The summed E-state index contributed by atoms with van der Waals surface area (Å²) in [6.45, 7) is 6.66. The summed E-state index contributed by atoms with van der Waals surface area (Å²) in [6.07, 6.45) is 0.831. The van der Waals surface area contributed by atoms with Gasteiger partial charge in [-0.2, -0.15) is 0 Å². The van der Waals surface area contributed by atoms with E-state index in [1.165, 1.54) is 0 Å². The first-order valence-electron chi connectivity index (χ1n) is 6.09. The van der Waals surface area contributed by atoms with Gasteiger partial charge in [-0.25, -0.2) is 0 Å². The fourth-order valence-electron chi connectivity index (χ4n) is 1.52. The maximum absolute atomic E-state index is 5.94. The molecule has 0 fully saturated rings. The summed E-state index contributed by atoms with van der Waals surface area (Å²) in [7, 11) is 1.72. The highest BCUT2D eigenvalue weighted by Crippen LogP contribution is 2.28. The van der Waals surface area contributed by atoms with Crippen molar-refractivity contribution in [2.75, 3.05) is 13.7 Å². The van der Waals surface area contributed by atoms with E-state index in [-0.39, 0.29) is 11.6 Å². The molecule has 0 heterocycles. The summed E-state index contributed by atoms with van der Waals surface area (Å²) in [5, 5.41) is 0. The third-order valence-electron chi connectivity index (χ3n) is 2.98. The minimum Gasteiger partial charge on any atom is -0.493 e. The number of hydrogen-bond donors (Lipinski definition) is 1. The van der Waals surface area contributed by atoms with Gasteiger partial charge in [-0.1, -0.05) is 15.9 Å². The lowest BCUT2D eigenvalue weighted by Gasteiger charge is -2.23. The quantitative estimate of drug-likeness (QED) is 0.871. The lowest BCUT2D eigenvalue weighted by Crippen LogP contribution is -2.25. The van der Waals surface area contributed by atoms with Crippen LogP contribution in [0.5, 0.6) is 5.75 Å². The largest absolute Gasteiger partial charge is 0.493 e. The van der Waals surface area contributed by atoms with Gasteiger partial charge in [0.1, 0.15) is 5.75 Å². The van der Waals surface area contributed by atoms with Gasteiger partial charge in [-0.3, -0.25) is 0 Å². The fourth-order valence-corrected chi connectivity index (χ4v) is 1.89. The summed E-state index contributed by atoms with van der Waals surface area (Å²) >= 11 is 3.44. The maximum atomic E-state index is 5.94. The van der Waals surface area contributed by atoms with E-state index in [2.05, 4.69) is 15.9 Å². The van der Waals surface area contributed by atoms with E-state index in [1.807, 2.05) is 39.0 Å². The molecule has 0 saturated heterocycles. The van der Waals surface area contributed by atoms with Crippen LogP contribution >= 0.6 is 15.9 Å². The molecule has 2 N–H and O–H groups in total. The number of rotatable bonds is 6. The van der Waals surface area contributed by atoms with Crippen molar-refractivity contribution in [2.45, 2.75) is 38.8 Å². The van der Waals surface area contributed by atoms with Gasteiger partial charge in [0, 0.05) is 29.6 Å². The molecule has 18 heavy (non-hydrogen) atoms. The van der Waals surface area contributed by atoms with Crippen LogP contribution in [0, 0.1) is 0 Å². The van der Waals surface area contributed by atoms with E-state index in [1.54, 1.807) is 7.11 Å². The summed E-state index contributed by atoms with van der Waals surface area (Å²) in [5.74, 6) is 0.847. The minimum atomic E-state index is -0.163. The van der Waals surface area contributed by atoms with Gasteiger partial charge in [-0.05, 0) is 39.0 Å². The first-order valence-corrected chi connectivity index (χ1v) is 6.88. The molecule has 1 aromatic carbocycles. The van der Waals surface area contributed by atoms with Gasteiger partial charge in [0.2, 0.25) is 0 Å². The molecule has 1 rings (SSSR count). The second-order valence-electron chi connectivity index (χ2n) is 5.03. The molecule has 4 heteroatoms. The Hall–Kier alpha value is -0.580. The third kappa shape index (κ3) is 4.59. The summed E-state index contributed by atoms with van der Waals surface area (Å²) in [4.78, 5) is 0. The van der Waals surface area contributed by atoms with Gasteiger partial charge in [0.15, 0.2) is 0 Å². The minimum absolute atomic E-state index is 0.0482. The maximum Gasteiger partial charge on any atom is 0.124 e. The van der Waals surface area contributed by atoms with E-state index in [0.29, 0.717) is 6.61 Å².